The third-order valence-corrected chi connectivity index (χ3v) is 7.47. The van der Waals surface area contributed by atoms with Gasteiger partial charge in [0.1, 0.15) is 6.04 Å². The fraction of sp³-hybridized carbons (Fsp3) is 0.462. The van der Waals surface area contributed by atoms with Crippen molar-refractivity contribution in [2.24, 2.45) is 0 Å². The van der Waals surface area contributed by atoms with Crippen LogP contribution in [0.15, 0.2) is 57.9 Å². The zero-order chi connectivity index (χ0) is 22.9. The van der Waals surface area contributed by atoms with Gasteiger partial charge in [0.15, 0.2) is 0 Å². The minimum atomic E-state index is -0.507. The van der Waals surface area contributed by atoms with Crippen molar-refractivity contribution in [1.82, 2.24) is 10.2 Å². The first-order valence-corrected chi connectivity index (χ1v) is 13.2. The summed E-state index contributed by atoms with van der Waals surface area (Å²) in [5.74, 6) is 0.649. The number of carbonyl (C=O) groups is 2. The maximum Gasteiger partial charge on any atom is 0.242 e. The number of amides is 2. The number of nitrogens with zero attached hydrogens (tertiary/aromatic N) is 1. The zero-order valence-corrected chi connectivity index (χ0v) is 21.4. The summed E-state index contributed by atoms with van der Waals surface area (Å²) in [4.78, 5) is 29.1. The van der Waals surface area contributed by atoms with Gasteiger partial charge < -0.3 is 10.2 Å². The summed E-state index contributed by atoms with van der Waals surface area (Å²) < 4.78 is 0.969. The van der Waals surface area contributed by atoms with Gasteiger partial charge >= 0.3 is 0 Å². The molecule has 1 fully saturated rings. The van der Waals surface area contributed by atoms with Crippen LogP contribution in [0.25, 0.3) is 0 Å². The quantitative estimate of drug-likeness (QED) is 0.409. The maximum atomic E-state index is 13.2. The minimum Gasteiger partial charge on any atom is -0.352 e. The number of aryl methyl sites for hydroxylation is 1. The largest absolute Gasteiger partial charge is 0.352 e. The lowest BCUT2D eigenvalue weighted by Gasteiger charge is -2.31. The molecule has 0 aliphatic heterocycles. The van der Waals surface area contributed by atoms with E-state index >= 15 is 0 Å². The number of thioether (sulfide) groups is 1. The molecule has 6 heteroatoms. The fourth-order valence-electron chi connectivity index (χ4n) is 4.02. The molecule has 0 spiro atoms. The molecule has 2 aromatic carbocycles. The highest BCUT2D eigenvalue weighted by Crippen LogP contribution is 2.22. The summed E-state index contributed by atoms with van der Waals surface area (Å²) in [5.41, 5.74) is 2.24. The lowest BCUT2D eigenvalue weighted by Crippen LogP contribution is -2.50. The SMILES string of the molecule is Cc1ccc(SCCC(=O)N(Cc2cccc(Br)c2)C(C)C(=O)NC2CCCCC2)cc1. The summed E-state index contributed by atoms with van der Waals surface area (Å²) in [6.45, 7) is 4.34. The van der Waals surface area contributed by atoms with Crippen molar-refractivity contribution in [2.75, 3.05) is 5.75 Å². The van der Waals surface area contributed by atoms with Crippen molar-refractivity contribution in [2.45, 2.75) is 75.9 Å². The Hall–Kier alpha value is -1.79. The van der Waals surface area contributed by atoms with Gasteiger partial charge in [0.2, 0.25) is 11.8 Å². The number of halogens is 1. The summed E-state index contributed by atoms with van der Waals surface area (Å²) in [6.07, 6.45) is 6.03. The summed E-state index contributed by atoms with van der Waals surface area (Å²) in [6, 6.07) is 16.0. The van der Waals surface area contributed by atoms with Crippen molar-refractivity contribution in [3.63, 3.8) is 0 Å². The number of hydrogen-bond acceptors (Lipinski definition) is 3. The first-order chi connectivity index (χ1) is 15.4. The average molecular weight is 518 g/mol. The molecule has 2 amide bonds. The van der Waals surface area contributed by atoms with Gasteiger partial charge in [-0.1, -0.05) is 65.0 Å². The topological polar surface area (TPSA) is 49.4 Å². The monoisotopic (exact) mass is 516 g/mol. The van der Waals surface area contributed by atoms with Gasteiger partial charge in [0.25, 0.3) is 0 Å². The molecule has 1 aliphatic carbocycles. The van der Waals surface area contributed by atoms with E-state index in [-0.39, 0.29) is 17.9 Å². The van der Waals surface area contributed by atoms with Crippen molar-refractivity contribution in [3.8, 4) is 0 Å². The highest BCUT2D eigenvalue weighted by atomic mass is 79.9. The molecule has 2 aromatic rings. The number of hydrogen-bond donors (Lipinski definition) is 1. The second-order valence-corrected chi connectivity index (χ2v) is 10.7. The van der Waals surface area contributed by atoms with E-state index in [9.17, 15) is 9.59 Å². The van der Waals surface area contributed by atoms with Crippen LogP contribution in [0.1, 0.15) is 56.6 Å². The Kier molecular flexibility index (Phi) is 9.67. The predicted molar refractivity (Wildman–Crippen MR) is 136 cm³/mol. The smallest absolute Gasteiger partial charge is 0.242 e. The molecular weight excluding hydrogens is 484 g/mol. The molecule has 0 bridgehead atoms. The molecule has 0 radical (unpaired) electrons. The van der Waals surface area contributed by atoms with Gasteiger partial charge in [-0.2, -0.15) is 0 Å². The lowest BCUT2D eigenvalue weighted by molar-refractivity contribution is -0.140. The number of carbonyl (C=O) groups excluding carboxylic acids is 2. The highest BCUT2D eigenvalue weighted by Gasteiger charge is 2.28. The highest BCUT2D eigenvalue weighted by molar-refractivity contribution is 9.10. The normalized spacial score (nSPS) is 15.2. The third-order valence-electron chi connectivity index (χ3n) is 5.97. The molecule has 32 heavy (non-hydrogen) atoms. The van der Waals surface area contributed by atoms with Gasteiger partial charge in [0, 0.05) is 34.1 Å². The number of rotatable bonds is 9. The van der Waals surface area contributed by atoms with E-state index < -0.39 is 6.04 Å². The first kappa shape index (κ1) is 24.8. The summed E-state index contributed by atoms with van der Waals surface area (Å²) in [5, 5.41) is 3.19. The van der Waals surface area contributed by atoms with Crippen LogP contribution in [0.4, 0.5) is 0 Å². The van der Waals surface area contributed by atoms with Gasteiger partial charge in [-0.15, -0.1) is 11.8 Å². The first-order valence-electron chi connectivity index (χ1n) is 11.5. The standard InChI is InChI=1S/C26H33BrN2O2S/c1-19-11-13-24(14-12-19)32-16-15-25(30)29(18-21-7-6-8-22(27)17-21)20(2)26(31)28-23-9-4-3-5-10-23/h6-8,11-14,17,20,23H,3-5,9-10,15-16,18H2,1-2H3,(H,28,31). The second kappa shape index (κ2) is 12.4. The Morgan fingerprint density at radius 3 is 2.53 bits per heavy atom. The summed E-state index contributed by atoms with van der Waals surface area (Å²) in [7, 11) is 0. The van der Waals surface area contributed by atoms with Crippen molar-refractivity contribution >= 4 is 39.5 Å². The molecule has 1 aliphatic rings. The van der Waals surface area contributed by atoms with E-state index in [0.29, 0.717) is 18.7 Å². The fourth-order valence-corrected chi connectivity index (χ4v) is 5.31. The average Bonchev–Trinajstić information content (AvgIpc) is 2.79. The van der Waals surface area contributed by atoms with Crippen molar-refractivity contribution < 1.29 is 9.59 Å². The third kappa shape index (κ3) is 7.66. The number of benzene rings is 2. The Balaban J connectivity index is 1.64. The molecule has 1 unspecified atom stereocenters. The number of nitrogens with one attached hydrogen (secondary N) is 1. The second-order valence-electron chi connectivity index (χ2n) is 8.58. The minimum absolute atomic E-state index is 0.0101. The molecular formula is C26H33BrN2O2S. The van der Waals surface area contributed by atoms with E-state index in [1.165, 1.54) is 12.0 Å². The van der Waals surface area contributed by atoms with Gasteiger partial charge in [-0.05, 0) is 56.5 Å². The van der Waals surface area contributed by atoms with Crippen LogP contribution < -0.4 is 5.32 Å². The molecule has 3 rings (SSSR count). The molecule has 1 atom stereocenters. The van der Waals surface area contributed by atoms with Gasteiger partial charge in [-0.3, -0.25) is 9.59 Å². The van der Waals surface area contributed by atoms with E-state index in [1.807, 2.05) is 31.2 Å². The van der Waals surface area contributed by atoms with Crippen LogP contribution >= 0.6 is 27.7 Å². The Labute approximate surface area is 204 Å². The van der Waals surface area contributed by atoms with Crippen LogP contribution in [0.2, 0.25) is 0 Å². The van der Waals surface area contributed by atoms with Crippen LogP contribution in [-0.4, -0.2) is 34.6 Å². The molecule has 4 nitrogen and oxygen atoms in total. The van der Waals surface area contributed by atoms with Crippen LogP contribution in [-0.2, 0) is 16.1 Å². The van der Waals surface area contributed by atoms with Gasteiger partial charge in [0.05, 0.1) is 0 Å². The van der Waals surface area contributed by atoms with Crippen LogP contribution in [0.3, 0.4) is 0 Å². The van der Waals surface area contributed by atoms with Crippen LogP contribution in [0.5, 0.6) is 0 Å². The van der Waals surface area contributed by atoms with E-state index in [0.717, 1.165) is 40.6 Å². The Bertz CT molecular complexity index is 897. The molecule has 1 N–H and O–H groups in total. The Morgan fingerprint density at radius 1 is 1.12 bits per heavy atom. The predicted octanol–water partition coefficient (Wildman–Crippen LogP) is 6.11. The maximum absolute atomic E-state index is 13.2. The molecule has 0 heterocycles. The molecule has 0 aromatic heterocycles. The van der Waals surface area contributed by atoms with E-state index in [4.69, 9.17) is 0 Å². The molecule has 172 valence electrons. The van der Waals surface area contributed by atoms with Gasteiger partial charge in [-0.25, -0.2) is 0 Å². The zero-order valence-electron chi connectivity index (χ0n) is 19.0. The van der Waals surface area contributed by atoms with Crippen molar-refractivity contribution in [1.29, 1.82) is 0 Å². The lowest BCUT2D eigenvalue weighted by atomic mass is 9.95. The summed E-state index contributed by atoms with van der Waals surface area (Å²) >= 11 is 5.18. The van der Waals surface area contributed by atoms with Crippen LogP contribution in [0, 0.1) is 6.92 Å². The van der Waals surface area contributed by atoms with E-state index in [1.54, 1.807) is 16.7 Å². The van der Waals surface area contributed by atoms with E-state index in [2.05, 4.69) is 52.4 Å². The molecule has 0 saturated heterocycles. The molecule has 1 saturated carbocycles. The Morgan fingerprint density at radius 2 is 1.84 bits per heavy atom. The van der Waals surface area contributed by atoms with Crippen molar-refractivity contribution in [3.05, 3.63) is 64.1 Å².